The number of nitrogens with zero attached hydrogens (tertiary/aromatic N) is 6. The molecule has 1 atom stereocenters. The number of halogens is 3. The van der Waals surface area contributed by atoms with Crippen molar-refractivity contribution in [1.29, 1.82) is 5.26 Å². The summed E-state index contributed by atoms with van der Waals surface area (Å²) < 4.78 is 42.3. The molecule has 38 heavy (non-hydrogen) atoms. The van der Waals surface area contributed by atoms with Crippen LogP contribution >= 0.6 is 0 Å². The largest absolute Gasteiger partial charge is 0.472 e. The Kier molecular flexibility index (Phi) is 6.38. The number of aromatic amines is 1. The lowest BCUT2D eigenvalue weighted by Crippen LogP contribution is -2.38. The van der Waals surface area contributed by atoms with Crippen LogP contribution in [-0.2, 0) is 4.79 Å². The number of aryl methyl sites for hydroxylation is 1. The number of H-pyrrole nitrogens is 1. The van der Waals surface area contributed by atoms with Crippen LogP contribution in [0, 0.1) is 18.3 Å². The van der Waals surface area contributed by atoms with Crippen LogP contribution in [0.15, 0.2) is 79.5 Å². The molecule has 190 valence electrons. The molecule has 8 nitrogen and oxygen atoms in total. The lowest BCUT2D eigenvalue weighted by atomic mass is 10.0. The van der Waals surface area contributed by atoms with Gasteiger partial charge in [-0.3, -0.25) is 14.4 Å². The zero-order chi connectivity index (χ0) is 26.9. The number of aromatic nitrogens is 5. The van der Waals surface area contributed by atoms with E-state index in [4.69, 9.17) is 0 Å². The smallest absolute Gasteiger partial charge is 0.346 e. The zero-order valence-electron chi connectivity index (χ0n) is 20.0. The fraction of sp³-hybridized carbons (Fsp3) is 0.148. The summed E-state index contributed by atoms with van der Waals surface area (Å²) in [6, 6.07) is 15.7. The summed E-state index contributed by atoms with van der Waals surface area (Å²) in [6.07, 6.45) is 1.41. The first-order valence-corrected chi connectivity index (χ1v) is 11.5. The van der Waals surface area contributed by atoms with Crippen molar-refractivity contribution in [3.05, 3.63) is 90.6 Å². The van der Waals surface area contributed by atoms with E-state index in [1.54, 1.807) is 54.5 Å². The second-order valence-corrected chi connectivity index (χ2v) is 8.62. The van der Waals surface area contributed by atoms with E-state index in [0.717, 1.165) is 10.9 Å². The minimum absolute atomic E-state index is 0.00827. The van der Waals surface area contributed by atoms with E-state index in [9.17, 15) is 23.2 Å². The molecule has 5 aromatic rings. The number of nitriles is 1. The maximum absolute atomic E-state index is 13.6. The Morgan fingerprint density at radius 2 is 1.92 bits per heavy atom. The number of hydrogen-bond acceptors (Lipinski definition) is 5. The molecule has 0 saturated heterocycles. The number of carbonyl (C=O) groups is 1. The first-order chi connectivity index (χ1) is 18.3. The summed E-state index contributed by atoms with van der Waals surface area (Å²) in [5, 5.41) is 14.8. The van der Waals surface area contributed by atoms with Gasteiger partial charge in [0.2, 0.25) is 0 Å². The SMILES string of the molecule is Cc1ccc(N(C(=O)C(F)(F)F)c2cccc(C(CC#N)n3cc(-c4ncnc5[nH]ccc45)cn3)c2)cc1. The second kappa shape index (κ2) is 9.82. The quantitative estimate of drug-likeness (QED) is 0.305. The molecular formula is C27H20F3N7O. The van der Waals surface area contributed by atoms with Crippen molar-refractivity contribution in [2.75, 3.05) is 4.90 Å². The highest BCUT2D eigenvalue weighted by Crippen LogP contribution is 2.34. The van der Waals surface area contributed by atoms with Gasteiger partial charge in [-0.15, -0.1) is 0 Å². The van der Waals surface area contributed by atoms with Gasteiger partial charge in [0.15, 0.2) is 0 Å². The molecule has 0 saturated carbocycles. The third-order valence-electron chi connectivity index (χ3n) is 6.08. The molecule has 1 N–H and O–H groups in total. The molecule has 0 spiro atoms. The normalized spacial score (nSPS) is 12.3. The first kappa shape index (κ1) is 24.7. The first-order valence-electron chi connectivity index (χ1n) is 11.5. The number of amides is 1. The number of nitrogens with one attached hydrogen (secondary N) is 1. The van der Waals surface area contributed by atoms with Crippen LogP contribution in [0.3, 0.4) is 0 Å². The predicted molar refractivity (Wildman–Crippen MR) is 134 cm³/mol. The minimum atomic E-state index is -5.09. The number of benzene rings is 2. The van der Waals surface area contributed by atoms with Crippen molar-refractivity contribution in [2.24, 2.45) is 0 Å². The van der Waals surface area contributed by atoms with E-state index >= 15 is 0 Å². The van der Waals surface area contributed by atoms with Crippen molar-refractivity contribution < 1.29 is 18.0 Å². The molecule has 1 unspecified atom stereocenters. The fourth-order valence-corrected chi connectivity index (χ4v) is 4.26. The van der Waals surface area contributed by atoms with Crippen molar-refractivity contribution in [2.45, 2.75) is 25.6 Å². The average Bonchev–Trinajstić information content (AvgIpc) is 3.58. The lowest BCUT2D eigenvalue weighted by Gasteiger charge is -2.25. The monoisotopic (exact) mass is 515 g/mol. The van der Waals surface area contributed by atoms with Crippen molar-refractivity contribution >= 4 is 28.3 Å². The summed E-state index contributed by atoms with van der Waals surface area (Å²) in [4.78, 5) is 24.7. The van der Waals surface area contributed by atoms with Gasteiger partial charge >= 0.3 is 12.1 Å². The van der Waals surface area contributed by atoms with E-state index in [0.29, 0.717) is 27.4 Å². The van der Waals surface area contributed by atoms with Crippen LogP contribution in [0.1, 0.15) is 23.6 Å². The minimum Gasteiger partial charge on any atom is -0.346 e. The lowest BCUT2D eigenvalue weighted by molar-refractivity contribution is -0.169. The van der Waals surface area contributed by atoms with Gasteiger partial charge in [-0.1, -0.05) is 29.8 Å². The molecule has 3 heterocycles. The maximum Gasteiger partial charge on any atom is 0.472 e. The van der Waals surface area contributed by atoms with Crippen LogP contribution in [0.5, 0.6) is 0 Å². The van der Waals surface area contributed by atoms with Crippen LogP contribution < -0.4 is 4.90 Å². The summed E-state index contributed by atoms with van der Waals surface area (Å²) >= 11 is 0. The van der Waals surface area contributed by atoms with E-state index in [1.807, 2.05) is 6.07 Å². The third kappa shape index (κ3) is 4.71. The molecule has 0 aliphatic carbocycles. The molecule has 3 aromatic heterocycles. The van der Waals surface area contributed by atoms with E-state index in [1.165, 1.54) is 30.6 Å². The Labute approximate surface area is 215 Å². The van der Waals surface area contributed by atoms with Crippen molar-refractivity contribution in [3.63, 3.8) is 0 Å². The number of fused-ring (bicyclic) bond motifs is 1. The van der Waals surface area contributed by atoms with Gasteiger partial charge in [0.25, 0.3) is 0 Å². The van der Waals surface area contributed by atoms with E-state index < -0.39 is 18.1 Å². The van der Waals surface area contributed by atoms with Crippen LogP contribution in [-0.4, -0.2) is 36.8 Å². The summed E-state index contributed by atoms with van der Waals surface area (Å²) in [7, 11) is 0. The van der Waals surface area contributed by atoms with Gasteiger partial charge in [0.05, 0.1) is 30.4 Å². The summed E-state index contributed by atoms with van der Waals surface area (Å²) in [6.45, 7) is 1.80. The summed E-state index contributed by atoms with van der Waals surface area (Å²) in [5.74, 6) is -2.02. The number of alkyl halides is 3. The molecule has 11 heteroatoms. The van der Waals surface area contributed by atoms with Gasteiger partial charge in [0, 0.05) is 34.7 Å². The number of carbonyl (C=O) groups excluding carboxylic acids is 1. The Morgan fingerprint density at radius 1 is 1.13 bits per heavy atom. The third-order valence-corrected chi connectivity index (χ3v) is 6.08. The van der Waals surface area contributed by atoms with Gasteiger partial charge in [0.1, 0.15) is 12.0 Å². The Hall–Kier alpha value is -4.98. The second-order valence-electron chi connectivity index (χ2n) is 8.62. The van der Waals surface area contributed by atoms with Crippen molar-refractivity contribution in [1.82, 2.24) is 24.7 Å². The van der Waals surface area contributed by atoms with Gasteiger partial charge < -0.3 is 4.98 Å². The van der Waals surface area contributed by atoms with E-state index in [-0.39, 0.29) is 17.8 Å². The molecule has 0 bridgehead atoms. The molecule has 2 aromatic carbocycles. The Balaban J connectivity index is 1.55. The average molecular weight is 515 g/mol. The Morgan fingerprint density at radius 3 is 2.66 bits per heavy atom. The predicted octanol–water partition coefficient (Wildman–Crippen LogP) is 5.86. The van der Waals surface area contributed by atoms with E-state index in [2.05, 4.69) is 26.1 Å². The van der Waals surface area contributed by atoms with Crippen LogP contribution in [0.4, 0.5) is 24.5 Å². The molecular weight excluding hydrogens is 495 g/mol. The maximum atomic E-state index is 13.6. The molecule has 1 amide bonds. The van der Waals surface area contributed by atoms with Gasteiger partial charge in [-0.25, -0.2) is 9.97 Å². The summed E-state index contributed by atoms with van der Waals surface area (Å²) in [5.41, 5.74) is 3.44. The number of rotatable bonds is 6. The Bertz CT molecular complexity index is 1650. The fourth-order valence-electron chi connectivity index (χ4n) is 4.26. The van der Waals surface area contributed by atoms with Crippen molar-refractivity contribution in [3.8, 4) is 17.3 Å². The standard InChI is InChI=1S/C27H20F3N7O/c1-17-5-7-20(8-6-17)37(26(38)27(28,29)30)21-4-2-3-18(13-21)23(9-11-31)36-15-19(14-35-36)24-22-10-12-32-25(22)34-16-33-24/h2-8,10,12-16,23H,9H2,1H3,(H,32,33,34). The highest BCUT2D eigenvalue weighted by molar-refractivity contribution is 6.03. The molecule has 0 radical (unpaired) electrons. The topological polar surface area (TPSA) is 103 Å². The highest BCUT2D eigenvalue weighted by atomic mass is 19.4. The van der Waals surface area contributed by atoms with Crippen LogP contribution in [0.25, 0.3) is 22.3 Å². The molecule has 0 fully saturated rings. The molecule has 0 aliphatic rings. The number of hydrogen-bond donors (Lipinski definition) is 1. The molecule has 0 aliphatic heterocycles. The highest BCUT2D eigenvalue weighted by Gasteiger charge is 2.43. The van der Waals surface area contributed by atoms with Gasteiger partial charge in [-0.05, 0) is 42.8 Å². The zero-order valence-corrected chi connectivity index (χ0v) is 20.0. The van der Waals surface area contributed by atoms with Crippen LogP contribution in [0.2, 0.25) is 0 Å². The number of anilines is 2. The molecule has 5 rings (SSSR count). The van der Waals surface area contributed by atoms with Gasteiger partial charge in [-0.2, -0.15) is 23.5 Å².